The van der Waals surface area contributed by atoms with Crippen LogP contribution in [0.25, 0.3) is 6.08 Å². The van der Waals surface area contributed by atoms with E-state index in [0.717, 1.165) is 24.2 Å². The van der Waals surface area contributed by atoms with Gasteiger partial charge >= 0.3 is 0 Å². The third kappa shape index (κ3) is 3.19. The van der Waals surface area contributed by atoms with E-state index >= 15 is 0 Å². The SMILES string of the molecule is CCC/C=C\c1nc(C)c(C)cc1CC. The summed E-state index contributed by atoms with van der Waals surface area (Å²) >= 11 is 0. The second kappa shape index (κ2) is 5.69. The highest BCUT2D eigenvalue weighted by molar-refractivity contribution is 5.50. The third-order valence-corrected chi connectivity index (χ3v) is 2.69. The molecule has 0 fully saturated rings. The van der Waals surface area contributed by atoms with Crippen molar-refractivity contribution in [3.8, 4) is 0 Å². The van der Waals surface area contributed by atoms with Crippen LogP contribution < -0.4 is 0 Å². The van der Waals surface area contributed by atoms with Gasteiger partial charge in [0.1, 0.15) is 0 Å². The van der Waals surface area contributed by atoms with Gasteiger partial charge in [0.25, 0.3) is 0 Å². The minimum atomic E-state index is 1.06. The minimum absolute atomic E-state index is 1.06. The van der Waals surface area contributed by atoms with Crippen LogP contribution in [0.4, 0.5) is 0 Å². The normalized spacial score (nSPS) is 11.2. The van der Waals surface area contributed by atoms with E-state index in [9.17, 15) is 0 Å². The summed E-state index contributed by atoms with van der Waals surface area (Å²) in [5, 5.41) is 0. The highest BCUT2D eigenvalue weighted by Gasteiger charge is 2.02. The second-order valence-corrected chi connectivity index (χ2v) is 3.98. The van der Waals surface area contributed by atoms with Crippen LogP contribution in [0.1, 0.15) is 49.2 Å². The van der Waals surface area contributed by atoms with Crippen molar-refractivity contribution in [3.63, 3.8) is 0 Å². The maximum absolute atomic E-state index is 4.63. The maximum Gasteiger partial charge on any atom is 0.0661 e. The highest BCUT2D eigenvalue weighted by atomic mass is 14.7. The number of unbranched alkanes of at least 4 members (excludes halogenated alkanes) is 1. The van der Waals surface area contributed by atoms with E-state index in [0.29, 0.717) is 0 Å². The molecule has 15 heavy (non-hydrogen) atoms. The number of aryl methyl sites for hydroxylation is 3. The molecule has 1 heterocycles. The van der Waals surface area contributed by atoms with E-state index in [1.807, 2.05) is 0 Å². The van der Waals surface area contributed by atoms with Gasteiger partial charge in [0.15, 0.2) is 0 Å². The summed E-state index contributed by atoms with van der Waals surface area (Å²) in [6, 6.07) is 2.26. The molecule has 1 rings (SSSR count). The lowest BCUT2D eigenvalue weighted by Gasteiger charge is -2.07. The lowest BCUT2D eigenvalue weighted by molar-refractivity contribution is 0.960. The Hall–Kier alpha value is -1.11. The average Bonchev–Trinajstić information content (AvgIpc) is 2.23. The Labute approximate surface area is 93.2 Å². The van der Waals surface area contributed by atoms with Crippen LogP contribution in [0.15, 0.2) is 12.1 Å². The van der Waals surface area contributed by atoms with Crippen molar-refractivity contribution in [2.24, 2.45) is 0 Å². The van der Waals surface area contributed by atoms with Gasteiger partial charge in [-0.1, -0.05) is 32.4 Å². The molecule has 0 amide bonds. The quantitative estimate of drug-likeness (QED) is 0.718. The zero-order valence-electron chi connectivity index (χ0n) is 10.3. The van der Waals surface area contributed by atoms with Gasteiger partial charge < -0.3 is 0 Å². The molecular formula is C14H21N. The number of nitrogens with zero attached hydrogens (tertiary/aromatic N) is 1. The first-order valence-corrected chi connectivity index (χ1v) is 5.82. The fourth-order valence-electron chi connectivity index (χ4n) is 1.57. The Kier molecular flexibility index (Phi) is 4.54. The van der Waals surface area contributed by atoms with Gasteiger partial charge in [0, 0.05) is 5.69 Å². The van der Waals surface area contributed by atoms with E-state index in [1.54, 1.807) is 0 Å². The molecule has 1 heteroatoms. The van der Waals surface area contributed by atoms with Gasteiger partial charge in [0.2, 0.25) is 0 Å². The third-order valence-electron chi connectivity index (χ3n) is 2.69. The molecule has 0 saturated heterocycles. The summed E-state index contributed by atoms with van der Waals surface area (Å²) in [5.41, 5.74) is 4.93. The first kappa shape index (κ1) is 12.0. The Bertz CT molecular complexity index is 351. The minimum Gasteiger partial charge on any atom is -0.253 e. The molecular weight excluding hydrogens is 182 g/mol. The Balaban J connectivity index is 2.99. The second-order valence-electron chi connectivity index (χ2n) is 3.98. The molecule has 0 N–H and O–H groups in total. The lowest BCUT2D eigenvalue weighted by atomic mass is 10.1. The van der Waals surface area contributed by atoms with Gasteiger partial charge in [-0.25, -0.2) is 0 Å². The Morgan fingerprint density at radius 1 is 1.27 bits per heavy atom. The molecule has 82 valence electrons. The molecule has 1 nitrogen and oxygen atoms in total. The van der Waals surface area contributed by atoms with Crippen LogP contribution in [-0.2, 0) is 6.42 Å². The fraction of sp³-hybridized carbons (Fsp3) is 0.500. The van der Waals surface area contributed by atoms with Crippen molar-refractivity contribution < 1.29 is 0 Å². The first-order valence-electron chi connectivity index (χ1n) is 5.82. The molecule has 0 aliphatic carbocycles. The number of rotatable bonds is 4. The predicted molar refractivity (Wildman–Crippen MR) is 67.0 cm³/mol. The predicted octanol–water partition coefficient (Wildman–Crippen LogP) is 4.07. The van der Waals surface area contributed by atoms with Crippen LogP contribution in [0.3, 0.4) is 0 Å². The topological polar surface area (TPSA) is 12.9 Å². The van der Waals surface area contributed by atoms with Crippen LogP contribution in [0.2, 0.25) is 0 Å². The fourth-order valence-corrected chi connectivity index (χ4v) is 1.57. The number of pyridine rings is 1. The summed E-state index contributed by atoms with van der Waals surface area (Å²) in [7, 11) is 0. The van der Waals surface area contributed by atoms with E-state index in [4.69, 9.17) is 0 Å². The first-order chi connectivity index (χ1) is 7.19. The molecule has 1 aromatic heterocycles. The molecule has 0 aliphatic rings. The lowest BCUT2D eigenvalue weighted by Crippen LogP contribution is -1.96. The summed E-state index contributed by atoms with van der Waals surface area (Å²) < 4.78 is 0. The van der Waals surface area contributed by atoms with Crippen molar-refractivity contribution in [1.29, 1.82) is 0 Å². The van der Waals surface area contributed by atoms with E-state index in [1.165, 1.54) is 17.5 Å². The molecule has 0 unspecified atom stereocenters. The molecule has 1 aromatic rings. The Morgan fingerprint density at radius 2 is 2.00 bits per heavy atom. The summed E-state index contributed by atoms with van der Waals surface area (Å²) in [4.78, 5) is 4.63. The number of allylic oxidation sites excluding steroid dienone is 1. The summed E-state index contributed by atoms with van der Waals surface area (Å²) in [6.07, 6.45) is 7.77. The van der Waals surface area contributed by atoms with Crippen molar-refractivity contribution in [2.45, 2.75) is 47.0 Å². The molecule has 0 atom stereocenters. The zero-order valence-corrected chi connectivity index (χ0v) is 10.3. The monoisotopic (exact) mass is 203 g/mol. The maximum atomic E-state index is 4.63. The number of hydrogen-bond acceptors (Lipinski definition) is 1. The van der Waals surface area contributed by atoms with Gasteiger partial charge in [-0.15, -0.1) is 0 Å². The van der Waals surface area contributed by atoms with Gasteiger partial charge in [0.05, 0.1) is 5.69 Å². The van der Waals surface area contributed by atoms with Crippen LogP contribution in [-0.4, -0.2) is 4.98 Å². The molecule has 0 radical (unpaired) electrons. The smallest absolute Gasteiger partial charge is 0.0661 e. The standard InChI is InChI=1S/C14H21N/c1-5-7-8-9-14-13(6-2)10-11(3)12(4)15-14/h8-10H,5-7H2,1-4H3/b9-8-. The Morgan fingerprint density at radius 3 is 2.60 bits per heavy atom. The van der Waals surface area contributed by atoms with Gasteiger partial charge in [-0.2, -0.15) is 0 Å². The number of aromatic nitrogens is 1. The van der Waals surface area contributed by atoms with Gasteiger partial charge in [-0.05, 0) is 43.9 Å². The summed E-state index contributed by atoms with van der Waals surface area (Å²) in [6.45, 7) is 8.58. The highest BCUT2D eigenvalue weighted by Crippen LogP contribution is 2.14. The molecule has 0 aromatic carbocycles. The average molecular weight is 203 g/mol. The molecule has 0 spiro atoms. The van der Waals surface area contributed by atoms with Crippen LogP contribution in [0.5, 0.6) is 0 Å². The van der Waals surface area contributed by atoms with Crippen LogP contribution in [0, 0.1) is 13.8 Å². The van der Waals surface area contributed by atoms with Crippen molar-refractivity contribution in [3.05, 3.63) is 34.7 Å². The van der Waals surface area contributed by atoms with E-state index in [-0.39, 0.29) is 0 Å². The number of hydrogen-bond donors (Lipinski definition) is 0. The van der Waals surface area contributed by atoms with Crippen molar-refractivity contribution in [1.82, 2.24) is 4.98 Å². The van der Waals surface area contributed by atoms with E-state index < -0.39 is 0 Å². The molecule has 0 aliphatic heterocycles. The van der Waals surface area contributed by atoms with Crippen LogP contribution >= 0.6 is 0 Å². The summed E-state index contributed by atoms with van der Waals surface area (Å²) in [5.74, 6) is 0. The van der Waals surface area contributed by atoms with E-state index in [2.05, 4.69) is 50.9 Å². The van der Waals surface area contributed by atoms with Crippen molar-refractivity contribution >= 4 is 6.08 Å². The van der Waals surface area contributed by atoms with Crippen molar-refractivity contribution in [2.75, 3.05) is 0 Å². The zero-order chi connectivity index (χ0) is 11.3. The molecule has 0 saturated carbocycles. The largest absolute Gasteiger partial charge is 0.253 e. The van der Waals surface area contributed by atoms with Gasteiger partial charge in [-0.3, -0.25) is 4.98 Å². The molecule has 0 bridgehead atoms.